The Morgan fingerprint density at radius 1 is 1.41 bits per heavy atom. The predicted molar refractivity (Wildman–Crippen MR) is 74.1 cm³/mol. The Morgan fingerprint density at radius 3 is 3.00 bits per heavy atom. The van der Waals surface area contributed by atoms with Crippen molar-refractivity contribution in [2.45, 2.75) is 19.4 Å². The summed E-state index contributed by atoms with van der Waals surface area (Å²) in [5.41, 5.74) is 5.49. The first kappa shape index (κ1) is 10.4. The molecular formula is C16H17N. The van der Waals surface area contributed by atoms with Crippen LogP contribution in [0.3, 0.4) is 0 Å². The van der Waals surface area contributed by atoms with Crippen molar-refractivity contribution in [3.63, 3.8) is 0 Å². The Kier molecular flexibility index (Phi) is 2.40. The molecule has 0 fully saturated rings. The molecule has 86 valence electrons. The highest BCUT2D eigenvalue weighted by molar-refractivity contribution is 5.90. The van der Waals surface area contributed by atoms with Gasteiger partial charge in [0.15, 0.2) is 0 Å². The van der Waals surface area contributed by atoms with Gasteiger partial charge in [-0.1, -0.05) is 36.9 Å². The van der Waals surface area contributed by atoms with Crippen LogP contribution in [0.2, 0.25) is 0 Å². The van der Waals surface area contributed by atoms with E-state index in [9.17, 15) is 0 Å². The standard InChI is InChI=1S/C16H17N/c1-3-12-9-10-16-14(11-12)13-7-5-6-8-15(13)17(16)4-2/h3,5-9,11,16H,1,4,10H2,2H3. The molecule has 1 nitrogen and oxygen atoms in total. The van der Waals surface area contributed by atoms with E-state index in [0.29, 0.717) is 6.04 Å². The molecular weight excluding hydrogens is 206 g/mol. The number of anilines is 1. The second kappa shape index (κ2) is 3.92. The lowest BCUT2D eigenvalue weighted by Crippen LogP contribution is -2.31. The fraction of sp³-hybridized carbons (Fsp3) is 0.250. The van der Waals surface area contributed by atoms with E-state index in [1.165, 1.54) is 22.4 Å². The van der Waals surface area contributed by atoms with E-state index in [4.69, 9.17) is 0 Å². The van der Waals surface area contributed by atoms with Gasteiger partial charge in [-0.3, -0.25) is 0 Å². The molecule has 0 radical (unpaired) electrons. The number of para-hydroxylation sites is 1. The summed E-state index contributed by atoms with van der Waals surface area (Å²) in [6.45, 7) is 7.16. The number of fused-ring (bicyclic) bond motifs is 3. The van der Waals surface area contributed by atoms with E-state index < -0.39 is 0 Å². The van der Waals surface area contributed by atoms with Crippen molar-refractivity contribution >= 4 is 11.3 Å². The molecule has 0 bridgehead atoms. The first-order valence-electron chi connectivity index (χ1n) is 6.25. The number of rotatable bonds is 2. The molecule has 1 aliphatic carbocycles. The third-order valence-electron chi connectivity index (χ3n) is 3.74. The molecule has 1 atom stereocenters. The largest absolute Gasteiger partial charge is 0.364 e. The third kappa shape index (κ3) is 1.46. The highest BCUT2D eigenvalue weighted by Gasteiger charge is 2.33. The van der Waals surface area contributed by atoms with Crippen molar-refractivity contribution in [3.05, 3.63) is 60.2 Å². The Bertz CT molecular complexity index is 522. The maximum Gasteiger partial charge on any atom is 0.0584 e. The minimum absolute atomic E-state index is 0.529. The van der Waals surface area contributed by atoms with Gasteiger partial charge in [-0.25, -0.2) is 0 Å². The quantitative estimate of drug-likeness (QED) is 0.737. The van der Waals surface area contributed by atoms with E-state index in [0.717, 1.165) is 13.0 Å². The molecule has 1 unspecified atom stereocenters. The number of allylic oxidation sites excluding steroid dienone is 3. The van der Waals surface area contributed by atoms with Crippen molar-refractivity contribution in [1.82, 2.24) is 0 Å². The molecule has 0 saturated heterocycles. The smallest absolute Gasteiger partial charge is 0.0584 e. The van der Waals surface area contributed by atoms with Gasteiger partial charge in [0, 0.05) is 17.8 Å². The number of hydrogen-bond acceptors (Lipinski definition) is 1. The Balaban J connectivity index is 2.14. The molecule has 0 spiro atoms. The van der Waals surface area contributed by atoms with Gasteiger partial charge >= 0.3 is 0 Å². The first-order valence-corrected chi connectivity index (χ1v) is 6.25. The normalized spacial score (nSPS) is 21.5. The van der Waals surface area contributed by atoms with Gasteiger partial charge in [-0.05, 0) is 36.6 Å². The maximum atomic E-state index is 3.87. The Morgan fingerprint density at radius 2 is 2.24 bits per heavy atom. The van der Waals surface area contributed by atoms with Gasteiger partial charge in [-0.15, -0.1) is 0 Å². The fourth-order valence-corrected chi connectivity index (χ4v) is 2.93. The van der Waals surface area contributed by atoms with E-state index in [-0.39, 0.29) is 0 Å². The minimum atomic E-state index is 0.529. The summed E-state index contributed by atoms with van der Waals surface area (Å²) in [7, 11) is 0. The second-order valence-electron chi connectivity index (χ2n) is 4.56. The Labute approximate surface area is 103 Å². The monoisotopic (exact) mass is 223 g/mol. The van der Waals surface area contributed by atoms with Crippen LogP contribution in [0.5, 0.6) is 0 Å². The molecule has 0 saturated carbocycles. The van der Waals surface area contributed by atoms with Crippen molar-refractivity contribution in [2.75, 3.05) is 11.4 Å². The molecule has 1 heterocycles. The summed E-state index contributed by atoms with van der Waals surface area (Å²) >= 11 is 0. The predicted octanol–water partition coefficient (Wildman–Crippen LogP) is 3.79. The molecule has 1 heteroatoms. The molecule has 2 aliphatic rings. The van der Waals surface area contributed by atoms with Crippen LogP contribution in [0.4, 0.5) is 5.69 Å². The van der Waals surface area contributed by atoms with Gasteiger partial charge < -0.3 is 4.90 Å². The summed E-state index contributed by atoms with van der Waals surface area (Å²) in [5.74, 6) is 0. The van der Waals surface area contributed by atoms with E-state index >= 15 is 0 Å². The molecule has 3 rings (SSSR count). The van der Waals surface area contributed by atoms with Crippen LogP contribution in [-0.4, -0.2) is 12.6 Å². The van der Waals surface area contributed by atoms with Gasteiger partial charge in [0.25, 0.3) is 0 Å². The van der Waals surface area contributed by atoms with Gasteiger partial charge in [0.1, 0.15) is 0 Å². The van der Waals surface area contributed by atoms with Crippen molar-refractivity contribution < 1.29 is 0 Å². The Hall–Kier alpha value is -1.76. The lowest BCUT2D eigenvalue weighted by Gasteiger charge is -2.27. The van der Waals surface area contributed by atoms with Crippen molar-refractivity contribution in [2.24, 2.45) is 0 Å². The molecule has 0 amide bonds. The summed E-state index contributed by atoms with van der Waals surface area (Å²) in [5, 5.41) is 0. The zero-order chi connectivity index (χ0) is 11.8. The van der Waals surface area contributed by atoms with Crippen LogP contribution in [-0.2, 0) is 0 Å². The topological polar surface area (TPSA) is 3.24 Å². The average Bonchev–Trinajstić information content (AvgIpc) is 2.71. The van der Waals surface area contributed by atoms with Crippen molar-refractivity contribution in [1.29, 1.82) is 0 Å². The third-order valence-corrected chi connectivity index (χ3v) is 3.74. The van der Waals surface area contributed by atoms with Gasteiger partial charge in [0.2, 0.25) is 0 Å². The van der Waals surface area contributed by atoms with Crippen LogP contribution in [0.1, 0.15) is 18.9 Å². The molecule has 0 N–H and O–H groups in total. The summed E-state index contributed by atoms with van der Waals surface area (Å²) in [6, 6.07) is 9.24. The molecule has 1 aromatic carbocycles. The van der Waals surface area contributed by atoms with Crippen LogP contribution in [0.25, 0.3) is 5.57 Å². The zero-order valence-electron chi connectivity index (χ0n) is 10.2. The lowest BCUT2D eigenvalue weighted by molar-refractivity contribution is 0.741. The van der Waals surface area contributed by atoms with E-state index in [1.54, 1.807) is 0 Å². The second-order valence-corrected chi connectivity index (χ2v) is 4.56. The average molecular weight is 223 g/mol. The van der Waals surface area contributed by atoms with E-state index in [1.807, 2.05) is 6.08 Å². The number of hydrogen-bond donors (Lipinski definition) is 0. The van der Waals surface area contributed by atoms with Crippen LogP contribution >= 0.6 is 0 Å². The van der Waals surface area contributed by atoms with E-state index in [2.05, 4.69) is 54.8 Å². The van der Waals surface area contributed by atoms with Crippen LogP contribution in [0, 0.1) is 0 Å². The number of nitrogens with zero attached hydrogens (tertiary/aromatic N) is 1. The minimum Gasteiger partial charge on any atom is -0.364 e. The fourth-order valence-electron chi connectivity index (χ4n) is 2.93. The molecule has 1 aliphatic heterocycles. The van der Waals surface area contributed by atoms with Crippen molar-refractivity contribution in [3.8, 4) is 0 Å². The zero-order valence-corrected chi connectivity index (χ0v) is 10.2. The molecule has 0 aromatic heterocycles. The van der Waals surface area contributed by atoms with Crippen LogP contribution in [0.15, 0.2) is 54.6 Å². The maximum absolute atomic E-state index is 3.87. The first-order chi connectivity index (χ1) is 8.35. The number of likely N-dealkylation sites (N-methyl/N-ethyl adjacent to an activating group) is 1. The van der Waals surface area contributed by atoms with Gasteiger partial charge in [0.05, 0.1) is 6.04 Å². The summed E-state index contributed by atoms with van der Waals surface area (Å²) in [6.07, 6.45) is 7.61. The molecule has 17 heavy (non-hydrogen) atoms. The SMILES string of the molecule is C=CC1=CCC2C(=C1)c1ccccc1N2CC. The number of benzene rings is 1. The molecule has 1 aromatic rings. The summed E-state index contributed by atoms with van der Waals surface area (Å²) in [4.78, 5) is 2.50. The lowest BCUT2D eigenvalue weighted by atomic mass is 9.92. The van der Waals surface area contributed by atoms with Crippen LogP contribution < -0.4 is 4.90 Å². The van der Waals surface area contributed by atoms with Gasteiger partial charge in [-0.2, -0.15) is 0 Å². The summed E-state index contributed by atoms with van der Waals surface area (Å²) < 4.78 is 0. The highest BCUT2D eigenvalue weighted by atomic mass is 15.2. The highest BCUT2D eigenvalue weighted by Crippen LogP contribution is 2.43.